The molecule has 0 unspecified atom stereocenters. The Hall–Kier alpha value is -4.80. The molecule has 4 aromatic rings. The van der Waals surface area contributed by atoms with E-state index >= 15 is 8.78 Å². The number of imide groups is 1. The molecule has 3 amide bonds. The van der Waals surface area contributed by atoms with Crippen molar-refractivity contribution in [1.82, 2.24) is 29.9 Å². The Morgan fingerprint density at radius 1 is 0.946 bits per heavy atom. The monoisotopic (exact) mass is 781 g/mol. The number of aliphatic hydroxyl groups is 1. The molecule has 56 heavy (non-hydrogen) atoms. The smallest absolute Gasteiger partial charge is 0.386 e. The zero-order chi connectivity index (χ0) is 39.9. The summed E-state index contributed by atoms with van der Waals surface area (Å²) in [5.74, 6) is -4.49. The molecule has 11 nitrogen and oxygen atoms in total. The number of hydrogen-bond donors (Lipinski definition) is 3. The van der Waals surface area contributed by atoms with Gasteiger partial charge in [-0.2, -0.15) is 18.3 Å². The van der Waals surface area contributed by atoms with Crippen molar-refractivity contribution < 1.29 is 41.4 Å². The Morgan fingerprint density at radius 2 is 1.62 bits per heavy atom. The predicted molar refractivity (Wildman–Crippen MR) is 197 cm³/mol. The highest BCUT2D eigenvalue weighted by molar-refractivity contribution is 6.04. The standard InChI is InChI=1S/C40H44F5N7O4/c1-39(2,56)28-21-32-24(20-33(28)47-38(55)31-4-3-5-34(46-31)40(43,44)45)22-52(49-32)26-8-6-25(7-9-26)51-16-14-50(15-17-51)13-12-23-18-29(41)36(30(42)19-23)27-10-11-35(53)48-37(27)54/h3-5,18-22,25-27,56H,6-17H2,1-2H3,(H,47,55)(H,48,53,54)/t25?,26?,27-/m1/s1. The van der Waals surface area contributed by atoms with Gasteiger partial charge in [-0.25, -0.2) is 13.8 Å². The van der Waals surface area contributed by atoms with E-state index in [0.717, 1.165) is 64.0 Å². The summed E-state index contributed by atoms with van der Waals surface area (Å²) in [6, 6.07) is 9.62. The fourth-order valence-electron chi connectivity index (χ4n) is 8.20. The molecule has 3 aliphatic rings. The molecule has 0 radical (unpaired) electrons. The van der Waals surface area contributed by atoms with Gasteiger partial charge >= 0.3 is 6.18 Å². The molecule has 7 rings (SSSR count). The van der Waals surface area contributed by atoms with E-state index in [4.69, 9.17) is 5.10 Å². The van der Waals surface area contributed by atoms with Gasteiger partial charge in [-0.05, 0) is 94.3 Å². The Morgan fingerprint density at radius 3 is 2.27 bits per heavy atom. The summed E-state index contributed by atoms with van der Waals surface area (Å²) in [5, 5.41) is 21.3. The van der Waals surface area contributed by atoms with Gasteiger partial charge in [-0.3, -0.25) is 29.3 Å². The first-order valence-electron chi connectivity index (χ1n) is 18.9. The van der Waals surface area contributed by atoms with E-state index < -0.39 is 58.4 Å². The maximum atomic E-state index is 15.0. The SMILES string of the molecule is CC(C)(O)c1cc2nn(C3CCC(N4CCN(CCc5cc(F)c([C@H]6CCC(=O)NC6=O)c(F)c5)CC4)CC3)cc2cc1NC(=O)c1cccc(C(F)(F)F)n1. The first-order chi connectivity index (χ1) is 26.5. The largest absolute Gasteiger partial charge is 0.433 e. The first-order valence-corrected chi connectivity index (χ1v) is 18.9. The molecule has 2 aromatic heterocycles. The van der Waals surface area contributed by atoms with Gasteiger partial charge in [0.1, 0.15) is 23.0 Å². The van der Waals surface area contributed by atoms with Gasteiger partial charge in [0.2, 0.25) is 11.8 Å². The molecule has 1 saturated carbocycles. The van der Waals surface area contributed by atoms with Gasteiger partial charge in [0, 0.05) is 73.6 Å². The highest BCUT2D eigenvalue weighted by atomic mass is 19.4. The summed E-state index contributed by atoms with van der Waals surface area (Å²) in [5.41, 5.74) is -1.51. The summed E-state index contributed by atoms with van der Waals surface area (Å²) in [6.07, 6.45) is 1.51. The number of halogens is 5. The molecule has 4 heterocycles. The van der Waals surface area contributed by atoms with Gasteiger partial charge in [-0.1, -0.05) is 6.07 Å². The lowest BCUT2D eigenvalue weighted by molar-refractivity contribution is -0.141. The second-order valence-corrected chi connectivity index (χ2v) is 15.6. The van der Waals surface area contributed by atoms with E-state index in [0.29, 0.717) is 41.0 Å². The minimum Gasteiger partial charge on any atom is -0.386 e. The van der Waals surface area contributed by atoms with Crippen molar-refractivity contribution >= 4 is 34.3 Å². The van der Waals surface area contributed by atoms with E-state index in [1.807, 2.05) is 10.9 Å². The summed E-state index contributed by atoms with van der Waals surface area (Å²) < 4.78 is 71.6. The van der Waals surface area contributed by atoms with Crippen molar-refractivity contribution in [2.45, 2.75) is 88.6 Å². The van der Waals surface area contributed by atoms with Crippen molar-refractivity contribution in [2.24, 2.45) is 0 Å². The van der Waals surface area contributed by atoms with Crippen LogP contribution in [-0.2, 0) is 27.8 Å². The fraction of sp³-hybridized carbons (Fsp3) is 0.475. The van der Waals surface area contributed by atoms with Crippen LogP contribution in [0.3, 0.4) is 0 Å². The lowest BCUT2D eigenvalue weighted by Crippen LogP contribution is -2.51. The van der Waals surface area contributed by atoms with E-state index in [1.54, 1.807) is 26.0 Å². The molecular weight excluding hydrogens is 737 g/mol. The molecule has 3 N–H and O–H groups in total. The molecule has 2 aromatic carbocycles. The Kier molecular flexibility index (Phi) is 11.0. The number of pyridine rings is 1. The Balaban J connectivity index is 0.928. The van der Waals surface area contributed by atoms with E-state index in [-0.39, 0.29) is 30.1 Å². The number of carbonyl (C=O) groups excluding carboxylic acids is 3. The maximum Gasteiger partial charge on any atom is 0.433 e. The molecule has 0 spiro atoms. The number of carbonyl (C=O) groups is 3. The maximum absolute atomic E-state index is 15.0. The molecule has 0 bridgehead atoms. The summed E-state index contributed by atoms with van der Waals surface area (Å²) >= 11 is 0. The van der Waals surface area contributed by atoms with Crippen molar-refractivity contribution in [3.8, 4) is 0 Å². The van der Waals surface area contributed by atoms with Gasteiger partial charge in [0.15, 0.2) is 0 Å². The third-order valence-electron chi connectivity index (χ3n) is 11.2. The number of alkyl halides is 3. The Bertz CT molecular complexity index is 2110. The second kappa shape index (κ2) is 15.6. The number of benzene rings is 2. The third kappa shape index (κ3) is 8.61. The minimum atomic E-state index is -4.70. The highest BCUT2D eigenvalue weighted by Crippen LogP contribution is 2.36. The highest BCUT2D eigenvalue weighted by Gasteiger charge is 2.35. The number of amides is 3. The van der Waals surface area contributed by atoms with Gasteiger partial charge in [0.05, 0.1) is 23.1 Å². The van der Waals surface area contributed by atoms with Crippen LogP contribution in [0.25, 0.3) is 10.9 Å². The van der Waals surface area contributed by atoms with Gasteiger partial charge in [0.25, 0.3) is 5.91 Å². The van der Waals surface area contributed by atoms with Crippen molar-refractivity contribution in [2.75, 3.05) is 38.0 Å². The molecule has 298 valence electrons. The number of rotatable bonds is 9. The van der Waals surface area contributed by atoms with Crippen LogP contribution in [0.2, 0.25) is 0 Å². The van der Waals surface area contributed by atoms with Crippen LogP contribution < -0.4 is 10.6 Å². The van der Waals surface area contributed by atoms with E-state index in [9.17, 15) is 32.7 Å². The van der Waals surface area contributed by atoms with E-state index in [2.05, 4.69) is 25.4 Å². The van der Waals surface area contributed by atoms with Crippen LogP contribution in [0.1, 0.15) is 97.2 Å². The number of fused-ring (bicyclic) bond motifs is 1. The molecule has 2 aliphatic heterocycles. The lowest BCUT2D eigenvalue weighted by atomic mass is 9.89. The van der Waals surface area contributed by atoms with E-state index in [1.165, 1.54) is 18.2 Å². The molecule has 1 atom stereocenters. The van der Waals surface area contributed by atoms with Crippen LogP contribution >= 0.6 is 0 Å². The topological polar surface area (TPSA) is 133 Å². The third-order valence-corrected chi connectivity index (χ3v) is 11.2. The van der Waals surface area contributed by atoms with Crippen LogP contribution in [-0.4, -0.2) is 86.2 Å². The molecule has 3 fully saturated rings. The number of aromatic nitrogens is 3. The lowest BCUT2D eigenvalue weighted by Gasteiger charge is -2.42. The van der Waals surface area contributed by atoms with Gasteiger partial charge in [-0.15, -0.1) is 0 Å². The van der Waals surface area contributed by atoms with Crippen LogP contribution in [0.15, 0.2) is 48.7 Å². The fourth-order valence-corrected chi connectivity index (χ4v) is 8.20. The predicted octanol–water partition coefficient (Wildman–Crippen LogP) is 6.07. The zero-order valence-corrected chi connectivity index (χ0v) is 31.1. The van der Waals surface area contributed by atoms with Crippen molar-refractivity contribution in [3.63, 3.8) is 0 Å². The number of anilines is 1. The number of nitrogens with one attached hydrogen (secondary N) is 2. The summed E-state index contributed by atoms with van der Waals surface area (Å²) in [6.45, 7) is 7.17. The summed E-state index contributed by atoms with van der Waals surface area (Å²) in [7, 11) is 0. The minimum absolute atomic E-state index is 0.0431. The average molecular weight is 782 g/mol. The molecule has 2 saturated heterocycles. The number of piperazine rings is 1. The molecule has 1 aliphatic carbocycles. The van der Waals surface area contributed by atoms with Crippen LogP contribution in [0.4, 0.5) is 27.6 Å². The van der Waals surface area contributed by atoms with Crippen LogP contribution in [0, 0.1) is 11.6 Å². The summed E-state index contributed by atoms with van der Waals surface area (Å²) in [4.78, 5) is 45.0. The van der Waals surface area contributed by atoms with Crippen molar-refractivity contribution in [1.29, 1.82) is 0 Å². The number of nitrogens with zero attached hydrogens (tertiary/aromatic N) is 5. The molecular formula is C40H44F5N7O4. The number of piperidine rings is 1. The average Bonchev–Trinajstić information content (AvgIpc) is 3.57. The zero-order valence-electron chi connectivity index (χ0n) is 31.1. The second-order valence-electron chi connectivity index (χ2n) is 15.6. The molecule has 16 heteroatoms. The van der Waals surface area contributed by atoms with Crippen molar-refractivity contribution in [3.05, 3.63) is 88.4 Å². The van der Waals surface area contributed by atoms with Gasteiger partial charge < -0.3 is 15.3 Å². The quantitative estimate of drug-likeness (QED) is 0.138. The Labute approximate surface area is 320 Å². The normalized spacial score (nSPS) is 21.7. The number of hydrogen-bond acceptors (Lipinski definition) is 8. The van der Waals surface area contributed by atoms with Crippen LogP contribution in [0.5, 0.6) is 0 Å². The first kappa shape index (κ1) is 39.4.